The molecule has 0 aromatic carbocycles. The minimum atomic E-state index is 0.350. The van der Waals surface area contributed by atoms with Crippen molar-refractivity contribution in [1.29, 1.82) is 0 Å². The Balaban J connectivity index is 1.55. The first-order valence-corrected chi connectivity index (χ1v) is 7.64. The Morgan fingerprint density at radius 2 is 2.32 bits per heavy atom. The Kier molecular flexibility index (Phi) is 3.67. The molecule has 104 valence electrons. The van der Waals surface area contributed by atoms with Gasteiger partial charge in [0.2, 0.25) is 0 Å². The number of aromatic nitrogens is 3. The summed E-state index contributed by atoms with van der Waals surface area (Å²) in [5.74, 6) is 3.61. The SMILES string of the molecule is CCCn1ncnc1CC(=O)CC1CC2CCC1C2. The predicted molar refractivity (Wildman–Crippen MR) is 72.6 cm³/mol. The van der Waals surface area contributed by atoms with Crippen molar-refractivity contribution in [2.24, 2.45) is 17.8 Å². The van der Waals surface area contributed by atoms with Gasteiger partial charge in [0.25, 0.3) is 0 Å². The molecule has 4 nitrogen and oxygen atoms in total. The normalized spacial score (nSPS) is 29.0. The molecule has 4 heteroatoms. The van der Waals surface area contributed by atoms with E-state index in [2.05, 4.69) is 17.0 Å². The second-order valence-electron chi connectivity index (χ2n) is 6.25. The molecule has 0 aliphatic heterocycles. The molecule has 2 aliphatic carbocycles. The number of carbonyl (C=O) groups excluding carboxylic acids is 1. The largest absolute Gasteiger partial charge is 0.299 e. The summed E-state index contributed by atoms with van der Waals surface area (Å²) in [5, 5.41) is 4.18. The van der Waals surface area contributed by atoms with E-state index in [-0.39, 0.29) is 0 Å². The highest BCUT2D eigenvalue weighted by molar-refractivity contribution is 5.80. The van der Waals surface area contributed by atoms with Crippen molar-refractivity contribution in [3.05, 3.63) is 12.2 Å². The molecule has 1 aromatic rings. The number of Topliss-reactive ketones (excluding diaryl/α,β-unsaturated/α-hetero) is 1. The van der Waals surface area contributed by atoms with Crippen LogP contribution in [0.5, 0.6) is 0 Å². The minimum Gasteiger partial charge on any atom is -0.299 e. The average Bonchev–Trinajstić information content (AvgIpc) is 3.07. The number of rotatable bonds is 6. The van der Waals surface area contributed by atoms with E-state index in [9.17, 15) is 4.79 Å². The summed E-state index contributed by atoms with van der Waals surface area (Å²) in [5.41, 5.74) is 0. The van der Waals surface area contributed by atoms with Crippen molar-refractivity contribution < 1.29 is 4.79 Å². The Hall–Kier alpha value is -1.19. The fourth-order valence-electron chi connectivity index (χ4n) is 3.99. The van der Waals surface area contributed by atoms with Crippen LogP contribution in [0.15, 0.2) is 6.33 Å². The van der Waals surface area contributed by atoms with Crippen LogP contribution in [-0.2, 0) is 17.8 Å². The Morgan fingerprint density at radius 3 is 3.00 bits per heavy atom. The molecule has 3 rings (SSSR count). The monoisotopic (exact) mass is 261 g/mol. The van der Waals surface area contributed by atoms with Gasteiger partial charge in [-0.1, -0.05) is 13.3 Å². The van der Waals surface area contributed by atoms with Gasteiger partial charge in [0, 0.05) is 13.0 Å². The van der Waals surface area contributed by atoms with Crippen LogP contribution in [0.25, 0.3) is 0 Å². The van der Waals surface area contributed by atoms with Crippen molar-refractivity contribution in [2.75, 3.05) is 0 Å². The molecular formula is C15H23N3O. The topological polar surface area (TPSA) is 47.8 Å². The summed E-state index contributed by atoms with van der Waals surface area (Å²) in [6.45, 7) is 2.97. The van der Waals surface area contributed by atoms with Crippen LogP contribution < -0.4 is 0 Å². The van der Waals surface area contributed by atoms with Gasteiger partial charge in [-0.25, -0.2) is 9.67 Å². The first kappa shape index (κ1) is 12.8. The maximum Gasteiger partial charge on any atom is 0.140 e. The lowest BCUT2D eigenvalue weighted by molar-refractivity contribution is -0.119. The molecule has 0 saturated heterocycles. The zero-order chi connectivity index (χ0) is 13.2. The van der Waals surface area contributed by atoms with E-state index >= 15 is 0 Å². The molecule has 1 aromatic heterocycles. The van der Waals surface area contributed by atoms with Crippen LogP contribution in [0, 0.1) is 17.8 Å². The van der Waals surface area contributed by atoms with Gasteiger partial charge < -0.3 is 0 Å². The van der Waals surface area contributed by atoms with Crippen molar-refractivity contribution in [3.8, 4) is 0 Å². The van der Waals surface area contributed by atoms with Crippen LogP contribution in [0.3, 0.4) is 0 Å². The highest BCUT2D eigenvalue weighted by Gasteiger charge is 2.40. The third-order valence-corrected chi connectivity index (χ3v) is 4.86. The van der Waals surface area contributed by atoms with Crippen molar-refractivity contribution in [1.82, 2.24) is 14.8 Å². The average molecular weight is 261 g/mol. The number of hydrogen-bond acceptors (Lipinski definition) is 3. The predicted octanol–water partition coefficient (Wildman–Crippen LogP) is 2.63. The number of hydrogen-bond donors (Lipinski definition) is 0. The molecule has 3 atom stereocenters. The van der Waals surface area contributed by atoms with Crippen LogP contribution in [-0.4, -0.2) is 20.5 Å². The van der Waals surface area contributed by atoms with Gasteiger partial charge in [0.05, 0.1) is 6.42 Å². The van der Waals surface area contributed by atoms with Crippen LogP contribution in [0.2, 0.25) is 0 Å². The van der Waals surface area contributed by atoms with Crippen molar-refractivity contribution in [3.63, 3.8) is 0 Å². The Labute approximate surface area is 114 Å². The molecular weight excluding hydrogens is 238 g/mol. The maximum absolute atomic E-state index is 12.2. The molecule has 2 fully saturated rings. The van der Waals surface area contributed by atoms with E-state index in [0.717, 1.165) is 37.0 Å². The molecule has 1 heterocycles. The standard InChI is InChI=1S/C15H23N3O/c1-2-5-18-15(16-10-17-18)9-14(19)8-13-7-11-3-4-12(13)6-11/h10-13H,2-9H2,1H3. The summed E-state index contributed by atoms with van der Waals surface area (Å²) in [4.78, 5) is 16.4. The zero-order valence-electron chi connectivity index (χ0n) is 11.7. The van der Waals surface area contributed by atoms with Gasteiger partial charge in [0.15, 0.2) is 0 Å². The lowest BCUT2D eigenvalue weighted by atomic mass is 9.85. The molecule has 2 bridgehead atoms. The molecule has 2 saturated carbocycles. The Bertz CT molecular complexity index is 454. The second-order valence-corrected chi connectivity index (χ2v) is 6.25. The molecule has 0 radical (unpaired) electrons. The highest BCUT2D eigenvalue weighted by atomic mass is 16.1. The summed E-state index contributed by atoms with van der Waals surface area (Å²) in [6.07, 6.45) is 9.25. The molecule has 19 heavy (non-hydrogen) atoms. The third kappa shape index (κ3) is 2.72. The number of aryl methyl sites for hydroxylation is 1. The highest BCUT2D eigenvalue weighted by Crippen LogP contribution is 2.49. The van der Waals surface area contributed by atoms with Crippen LogP contribution in [0.4, 0.5) is 0 Å². The molecule has 0 spiro atoms. The van der Waals surface area contributed by atoms with Gasteiger partial charge in [-0.2, -0.15) is 5.10 Å². The first-order chi connectivity index (χ1) is 9.26. The number of carbonyl (C=O) groups is 1. The maximum atomic E-state index is 12.2. The number of nitrogens with zero attached hydrogens (tertiary/aromatic N) is 3. The molecule has 0 N–H and O–H groups in total. The minimum absolute atomic E-state index is 0.350. The lowest BCUT2D eigenvalue weighted by Crippen LogP contribution is -2.18. The van der Waals surface area contributed by atoms with E-state index in [0.29, 0.717) is 18.1 Å². The zero-order valence-corrected chi connectivity index (χ0v) is 11.7. The summed E-state index contributed by atoms with van der Waals surface area (Å²) in [6, 6.07) is 0. The van der Waals surface area contributed by atoms with E-state index in [1.54, 1.807) is 6.33 Å². The van der Waals surface area contributed by atoms with Gasteiger partial charge in [-0.3, -0.25) is 4.79 Å². The van der Waals surface area contributed by atoms with E-state index < -0.39 is 0 Å². The van der Waals surface area contributed by atoms with E-state index in [4.69, 9.17) is 0 Å². The summed E-state index contributed by atoms with van der Waals surface area (Å²) < 4.78 is 1.87. The first-order valence-electron chi connectivity index (χ1n) is 7.64. The van der Waals surface area contributed by atoms with E-state index in [1.165, 1.54) is 25.7 Å². The van der Waals surface area contributed by atoms with Gasteiger partial charge in [-0.15, -0.1) is 0 Å². The summed E-state index contributed by atoms with van der Waals surface area (Å²) in [7, 11) is 0. The number of ketones is 1. The van der Waals surface area contributed by atoms with Gasteiger partial charge in [0.1, 0.15) is 17.9 Å². The second kappa shape index (κ2) is 5.43. The number of fused-ring (bicyclic) bond motifs is 2. The summed E-state index contributed by atoms with van der Waals surface area (Å²) >= 11 is 0. The lowest BCUT2D eigenvalue weighted by Gasteiger charge is -2.20. The van der Waals surface area contributed by atoms with Gasteiger partial charge >= 0.3 is 0 Å². The van der Waals surface area contributed by atoms with Crippen LogP contribution >= 0.6 is 0 Å². The van der Waals surface area contributed by atoms with Crippen molar-refractivity contribution >= 4 is 5.78 Å². The smallest absolute Gasteiger partial charge is 0.140 e. The fraction of sp³-hybridized carbons (Fsp3) is 0.800. The van der Waals surface area contributed by atoms with Crippen LogP contribution in [0.1, 0.15) is 51.3 Å². The Morgan fingerprint density at radius 1 is 1.42 bits per heavy atom. The third-order valence-electron chi connectivity index (χ3n) is 4.86. The molecule has 0 amide bonds. The fourth-order valence-corrected chi connectivity index (χ4v) is 3.99. The molecule has 2 aliphatic rings. The molecule has 3 unspecified atom stereocenters. The quantitative estimate of drug-likeness (QED) is 0.791. The van der Waals surface area contributed by atoms with Gasteiger partial charge in [-0.05, 0) is 43.4 Å². The van der Waals surface area contributed by atoms with E-state index in [1.807, 2.05) is 4.68 Å². The van der Waals surface area contributed by atoms with Crippen molar-refractivity contribution in [2.45, 2.75) is 58.4 Å².